The zero-order chi connectivity index (χ0) is 20.1. The largest absolute Gasteiger partial charge is 0.496 e. The van der Waals surface area contributed by atoms with Gasteiger partial charge in [-0.3, -0.25) is 0 Å². The van der Waals surface area contributed by atoms with Gasteiger partial charge in [0.15, 0.2) is 0 Å². The van der Waals surface area contributed by atoms with Crippen LogP contribution in [0.5, 0.6) is 5.75 Å². The van der Waals surface area contributed by atoms with E-state index in [1.54, 1.807) is 7.11 Å². The third-order valence-electron chi connectivity index (χ3n) is 7.30. The Hall–Kier alpha value is -0.448. The molecule has 4 rings (SSSR count). The molecule has 0 heterocycles. The molecule has 30 heavy (non-hydrogen) atoms. The fraction of sp³-hybridized carbons (Fsp3) is 0.615. The summed E-state index contributed by atoms with van der Waals surface area (Å²) >= 11 is 0. The first-order valence-electron chi connectivity index (χ1n) is 11.6. The number of rotatable bonds is 6. The molecule has 2 saturated carbocycles. The molecule has 4 heteroatoms. The summed E-state index contributed by atoms with van der Waals surface area (Å²) in [5, 5.41) is -0.178. The van der Waals surface area contributed by atoms with Crippen LogP contribution in [0.25, 0.3) is 5.57 Å². The molecule has 0 radical (unpaired) electrons. The number of methoxy groups -OCH3 is 2. The maximum absolute atomic E-state index is 6.67. The van der Waals surface area contributed by atoms with E-state index in [4.69, 9.17) is 9.47 Å². The average Bonchev–Trinajstić information content (AvgIpc) is 2.81. The second kappa shape index (κ2) is 11.4. The number of hydrogen-bond donors (Lipinski definition) is 0. The molecule has 0 amide bonds. The van der Waals surface area contributed by atoms with E-state index in [0.29, 0.717) is 0 Å². The van der Waals surface area contributed by atoms with Gasteiger partial charge in [-0.15, -0.1) is 0 Å². The summed E-state index contributed by atoms with van der Waals surface area (Å²) in [6, 6.07) is 8.54. The van der Waals surface area contributed by atoms with Gasteiger partial charge in [0, 0.05) is 39.5 Å². The Kier molecular flexibility index (Phi) is 9.22. The summed E-state index contributed by atoms with van der Waals surface area (Å²) in [4.78, 5) is 0. The minimum atomic E-state index is -0.277. The summed E-state index contributed by atoms with van der Waals surface area (Å²) in [7, 11) is 3.49. The molecule has 1 unspecified atom stereocenters. The summed E-state index contributed by atoms with van der Waals surface area (Å²) in [6.45, 7) is 0. The Morgan fingerprint density at radius 1 is 0.867 bits per heavy atom. The number of hydrogen-bond acceptors (Lipinski definition) is 2. The van der Waals surface area contributed by atoms with Crippen molar-refractivity contribution in [2.75, 3.05) is 14.2 Å². The summed E-state index contributed by atoms with van der Waals surface area (Å²) in [5.41, 5.74) is 4.26. The average molecular weight is 519 g/mol. The fourth-order valence-electron chi connectivity index (χ4n) is 5.95. The van der Waals surface area contributed by atoms with Crippen LogP contribution in [0.2, 0.25) is 0 Å². The Morgan fingerprint density at radius 3 is 2.03 bits per heavy atom. The van der Waals surface area contributed by atoms with Crippen LogP contribution in [0, 0.1) is 0 Å². The summed E-state index contributed by atoms with van der Waals surface area (Å²) in [6.07, 6.45) is 22.0. The monoisotopic (exact) mass is 518 g/mol. The molecule has 168 valence electrons. The molecule has 3 aliphatic rings. The minimum absolute atomic E-state index is 0. The topological polar surface area (TPSA) is 18.5 Å². The molecule has 0 aromatic heterocycles. The van der Waals surface area contributed by atoms with Gasteiger partial charge < -0.3 is 9.47 Å². The van der Waals surface area contributed by atoms with Crippen LogP contribution in [0.3, 0.4) is 0 Å². The SMILES string of the molecule is COc1ccccc1C1=CC=CCC1(OC)P(C1CCCCC1)C1CCCCC1.[Pd]. The Morgan fingerprint density at radius 2 is 1.47 bits per heavy atom. The number of benzene rings is 1. The third-order valence-corrected chi connectivity index (χ3v) is 11.3. The molecular formula is C26H37O2PPd. The van der Waals surface area contributed by atoms with Crippen LogP contribution in [0.15, 0.2) is 42.5 Å². The van der Waals surface area contributed by atoms with Crippen molar-refractivity contribution < 1.29 is 29.9 Å². The predicted molar refractivity (Wildman–Crippen MR) is 125 cm³/mol. The zero-order valence-corrected chi connectivity index (χ0v) is 21.0. The van der Waals surface area contributed by atoms with E-state index in [2.05, 4.69) is 42.5 Å². The van der Waals surface area contributed by atoms with Crippen LogP contribution < -0.4 is 4.74 Å². The molecule has 2 fully saturated rings. The van der Waals surface area contributed by atoms with Crippen molar-refractivity contribution in [1.82, 2.24) is 0 Å². The van der Waals surface area contributed by atoms with Crippen molar-refractivity contribution in [3.63, 3.8) is 0 Å². The van der Waals surface area contributed by atoms with Gasteiger partial charge in [0.1, 0.15) is 11.1 Å². The smallest absolute Gasteiger partial charge is 0.126 e. The molecule has 0 bridgehead atoms. The van der Waals surface area contributed by atoms with Crippen LogP contribution >= 0.6 is 7.92 Å². The minimum Gasteiger partial charge on any atom is -0.496 e. The Labute approximate surface area is 198 Å². The van der Waals surface area contributed by atoms with Gasteiger partial charge in [-0.1, -0.05) is 82.9 Å². The molecule has 0 N–H and O–H groups in total. The zero-order valence-electron chi connectivity index (χ0n) is 18.6. The molecule has 0 aliphatic heterocycles. The van der Waals surface area contributed by atoms with E-state index in [9.17, 15) is 0 Å². The van der Waals surface area contributed by atoms with E-state index in [0.717, 1.165) is 23.5 Å². The number of para-hydroxylation sites is 1. The fourth-order valence-corrected chi connectivity index (χ4v) is 10.6. The normalized spacial score (nSPS) is 25.6. The molecule has 3 aliphatic carbocycles. The molecule has 0 saturated heterocycles. The first kappa shape index (κ1) is 24.2. The Balaban J connectivity index is 0.00000256. The number of ether oxygens (including phenoxy) is 2. The van der Waals surface area contributed by atoms with Crippen LogP contribution in [0.4, 0.5) is 0 Å². The van der Waals surface area contributed by atoms with Crippen LogP contribution in [-0.2, 0) is 25.2 Å². The molecule has 0 spiro atoms. The number of allylic oxidation sites excluding steroid dienone is 2. The van der Waals surface area contributed by atoms with Crippen molar-refractivity contribution in [3.8, 4) is 5.75 Å². The maximum atomic E-state index is 6.67. The van der Waals surface area contributed by atoms with E-state index in [1.165, 1.54) is 75.3 Å². The molecule has 1 aromatic rings. The van der Waals surface area contributed by atoms with Crippen molar-refractivity contribution in [2.45, 2.75) is 87.3 Å². The predicted octanol–water partition coefficient (Wildman–Crippen LogP) is 7.53. The first-order chi connectivity index (χ1) is 14.3. The van der Waals surface area contributed by atoms with Crippen LogP contribution in [0.1, 0.15) is 76.2 Å². The van der Waals surface area contributed by atoms with Crippen molar-refractivity contribution >= 4 is 13.5 Å². The van der Waals surface area contributed by atoms with Gasteiger partial charge >= 0.3 is 0 Å². The summed E-state index contributed by atoms with van der Waals surface area (Å²) < 4.78 is 12.5. The van der Waals surface area contributed by atoms with Crippen molar-refractivity contribution in [3.05, 3.63) is 48.1 Å². The van der Waals surface area contributed by atoms with Gasteiger partial charge in [0.05, 0.1) is 7.11 Å². The molecule has 2 nitrogen and oxygen atoms in total. The molecular weight excluding hydrogens is 482 g/mol. The maximum Gasteiger partial charge on any atom is 0.126 e. The second-order valence-electron chi connectivity index (χ2n) is 8.89. The Bertz CT molecular complexity index is 716. The van der Waals surface area contributed by atoms with Crippen LogP contribution in [-0.4, -0.2) is 30.9 Å². The standard InChI is InChI=1S/C26H37O2P.Pd/c1-27-25-19-10-9-17-23(25)24-18-11-12-20-26(24,28-2)29(21-13-5-3-6-14-21)22-15-7-4-8-16-22;/h9-12,17-19,21-22H,3-8,13-16,20H2,1-2H3;. The third kappa shape index (κ3) is 4.81. The van der Waals surface area contributed by atoms with Gasteiger partial charge in [-0.2, -0.15) is 0 Å². The van der Waals surface area contributed by atoms with Crippen molar-refractivity contribution in [1.29, 1.82) is 0 Å². The molecule has 1 atom stereocenters. The second-order valence-corrected chi connectivity index (χ2v) is 11.9. The van der Waals surface area contributed by atoms with Gasteiger partial charge in [-0.05, 0) is 48.6 Å². The quantitative estimate of drug-likeness (QED) is 0.286. The van der Waals surface area contributed by atoms with E-state index in [1.807, 2.05) is 7.11 Å². The molecule has 1 aromatic carbocycles. The van der Waals surface area contributed by atoms with E-state index in [-0.39, 0.29) is 33.7 Å². The van der Waals surface area contributed by atoms with Gasteiger partial charge in [-0.25, -0.2) is 0 Å². The summed E-state index contributed by atoms with van der Waals surface area (Å²) in [5.74, 6) is 0.970. The van der Waals surface area contributed by atoms with Gasteiger partial charge in [0.25, 0.3) is 0 Å². The van der Waals surface area contributed by atoms with E-state index < -0.39 is 0 Å². The van der Waals surface area contributed by atoms with Gasteiger partial charge in [0.2, 0.25) is 0 Å². The van der Waals surface area contributed by atoms with E-state index >= 15 is 0 Å². The van der Waals surface area contributed by atoms with Crippen molar-refractivity contribution in [2.24, 2.45) is 0 Å². The first-order valence-corrected chi connectivity index (χ1v) is 13.1.